The van der Waals surface area contributed by atoms with Crippen LogP contribution in [0.5, 0.6) is 0 Å². The van der Waals surface area contributed by atoms with Gasteiger partial charge in [-0.25, -0.2) is 17.9 Å². The Balaban J connectivity index is 2.79. The molecule has 1 aromatic heterocycles. The maximum absolute atomic E-state index is 12.0. The molecule has 0 fully saturated rings. The van der Waals surface area contributed by atoms with Gasteiger partial charge in [0.05, 0.1) is 0 Å². The summed E-state index contributed by atoms with van der Waals surface area (Å²) in [5.41, 5.74) is -0.434. The van der Waals surface area contributed by atoms with Gasteiger partial charge in [0, 0.05) is 12.7 Å². The molecule has 7 nitrogen and oxygen atoms in total. The van der Waals surface area contributed by atoms with E-state index in [0.29, 0.717) is 0 Å². The van der Waals surface area contributed by atoms with E-state index in [1.54, 1.807) is 0 Å². The van der Waals surface area contributed by atoms with E-state index in [1.165, 1.54) is 4.72 Å². The fourth-order valence-electron chi connectivity index (χ4n) is 1.04. The second-order valence-corrected chi connectivity index (χ2v) is 5.23. The standard InChI is InChI=1S/C8H9F3N2O5S/c9-8(10,11)6(14)3-13-19(17,18)4-1-5(7(15)16)12-2-4/h1-2,6,12-14H,3H2,(H,15,16). The molecule has 108 valence electrons. The SMILES string of the molecule is O=C(O)c1cc(S(=O)(=O)NCC(O)C(F)(F)F)c[nH]1. The number of alkyl halides is 3. The van der Waals surface area contributed by atoms with E-state index in [1.807, 2.05) is 0 Å². The van der Waals surface area contributed by atoms with Crippen LogP contribution in [0, 0.1) is 0 Å². The van der Waals surface area contributed by atoms with E-state index in [-0.39, 0.29) is 0 Å². The Morgan fingerprint density at radius 1 is 1.47 bits per heavy atom. The summed E-state index contributed by atoms with van der Waals surface area (Å²) >= 11 is 0. The topological polar surface area (TPSA) is 119 Å². The van der Waals surface area contributed by atoms with E-state index >= 15 is 0 Å². The molecule has 1 unspecified atom stereocenters. The van der Waals surface area contributed by atoms with Gasteiger partial charge in [0.2, 0.25) is 10.0 Å². The lowest BCUT2D eigenvalue weighted by molar-refractivity contribution is -0.200. The zero-order chi connectivity index (χ0) is 14.8. The summed E-state index contributed by atoms with van der Waals surface area (Å²) in [5.74, 6) is -1.42. The number of aromatic carboxylic acids is 1. The minimum Gasteiger partial charge on any atom is -0.477 e. The number of aromatic amines is 1. The fourth-order valence-corrected chi connectivity index (χ4v) is 2.07. The summed E-state index contributed by atoms with van der Waals surface area (Å²) in [5, 5.41) is 17.2. The van der Waals surface area contributed by atoms with E-state index < -0.39 is 45.4 Å². The summed E-state index contributed by atoms with van der Waals surface area (Å²) in [6.07, 6.45) is -6.99. The van der Waals surface area contributed by atoms with Crippen molar-refractivity contribution in [1.29, 1.82) is 0 Å². The second-order valence-electron chi connectivity index (χ2n) is 3.46. The Labute approximate surface area is 105 Å². The molecule has 0 aromatic carbocycles. The first-order chi connectivity index (χ1) is 8.54. The Morgan fingerprint density at radius 3 is 2.47 bits per heavy atom. The van der Waals surface area contributed by atoms with Crippen LogP contribution < -0.4 is 4.72 Å². The summed E-state index contributed by atoms with van der Waals surface area (Å²) in [7, 11) is -4.33. The number of hydrogen-bond donors (Lipinski definition) is 4. The Morgan fingerprint density at radius 2 is 2.05 bits per heavy atom. The highest BCUT2D eigenvalue weighted by atomic mass is 32.2. The number of aliphatic hydroxyl groups is 1. The van der Waals surface area contributed by atoms with Crippen LogP contribution in [-0.4, -0.2) is 48.4 Å². The van der Waals surface area contributed by atoms with Crippen molar-refractivity contribution >= 4 is 16.0 Å². The van der Waals surface area contributed by atoms with Crippen LogP contribution in [0.2, 0.25) is 0 Å². The van der Waals surface area contributed by atoms with Crippen molar-refractivity contribution in [3.63, 3.8) is 0 Å². The first kappa shape index (κ1) is 15.5. The van der Waals surface area contributed by atoms with Crippen molar-refractivity contribution in [2.24, 2.45) is 0 Å². The predicted molar refractivity (Wildman–Crippen MR) is 55.0 cm³/mol. The lowest BCUT2D eigenvalue weighted by atomic mass is 10.4. The average molecular weight is 302 g/mol. The number of sulfonamides is 1. The van der Waals surface area contributed by atoms with Gasteiger partial charge < -0.3 is 15.2 Å². The van der Waals surface area contributed by atoms with Gasteiger partial charge in [-0.1, -0.05) is 0 Å². The van der Waals surface area contributed by atoms with Crippen LogP contribution in [0.15, 0.2) is 17.2 Å². The smallest absolute Gasteiger partial charge is 0.415 e. The molecule has 1 heterocycles. The largest absolute Gasteiger partial charge is 0.477 e. The van der Waals surface area contributed by atoms with Crippen molar-refractivity contribution < 1.29 is 36.6 Å². The maximum atomic E-state index is 12.0. The minimum absolute atomic E-state index is 0.434. The normalized spacial score (nSPS) is 14.3. The number of halogens is 3. The van der Waals surface area contributed by atoms with Gasteiger partial charge in [0.15, 0.2) is 6.10 Å². The second kappa shape index (κ2) is 5.19. The summed E-state index contributed by atoms with van der Waals surface area (Å²) in [6.45, 7) is -1.26. The predicted octanol–water partition coefficient (Wildman–Crippen LogP) is -0.0856. The number of carbonyl (C=O) groups is 1. The highest BCUT2D eigenvalue weighted by molar-refractivity contribution is 7.89. The van der Waals surface area contributed by atoms with Gasteiger partial charge in [0.25, 0.3) is 0 Å². The lowest BCUT2D eigenvalue weighted by Gasteiger charge is -2.14. The number of nitrogens with one attached hydrogen (secondary N) is 2. The van der Waals surface area contributed by atoms with Gasteiger partial charge >= 0.3 is 12.1 Å². The molecule has 1 aromatic rings. The van der Waals surface area contributed by atoms with Gasteiger partial charge in [-0.3, -0.25) is 0 Å². The molecule has 0 amide bonds. The van der Waals surface area contributed by atoms with E-state index in [9.17, 15) is 26.4 Å². The number of H-pyrrole nitrogens is 1. The first-order valence-corrected chi connectivity index (χ1v) is 6.18. The van der Waals surface area contributed by atoms with Crippen LogP contribution >= 0.6 is 0 Å². The first-order valence-electron chi connectivity index (χ1n) is 4.70. The summed E-state index contributed by atoms with van der Waals surface area (Å²) in [6, 6.07) is 0.741. The molecule has 0 saturated heterocycles. The molecule has 11 heteroatoms. The molecular formula is C8H9F3N2O5S. The molecule has 0 aliphatic heterocycles. The van der Waals surface area contributed by atoms with E-state index in [4.69, 9.17) is 10.2 Å². The number of carboxylic acids is 1. The molecule has 0 bridgehead atoms. The Kier molecular flexibility index (Phi) is 4.22. The Hall–Kier alpha value is -1.59. The molecule has 0 radical (unpaired) electrons. The van der Waals surface area contributed by atoms with Crippen LogP contribution in [-0.2, 0) is 10.0 Å². The Bertz CT molecular complexity index is 565. The molecule has 0 aliphatic carbocycles. The highest BCUT2D eigenvalue weighted by Crippen LogP contribution is 2.20. The number of hydrogen-bond acceptors (Lipinski definition) is 4. The van der Waals surface area contributed by atoms with Gasteiger partial charge in [-0.2, -0.15) is 13.2 Å². The quantitative estimate of drug-likeness (QED) is 0.606. The molecule has 0 spiro atoms. The maximum Gasteiger partial charge on any atom is 0.415 e. The zero-order valence-electron chi connectivity index (χ0n) is 9.10. The molecule has 0 aliphatic rings. The van der Waals surface area contributed by atoms with Crippen molar-refractivity contribution in [2.75, 3.05) is 6.54 Å². The van der Waals surface area contributed by atoms with Crippen LogP contribution in [0.1, 0.15) is 10.5 Å². The minimum atomic E-state index is -4.95. The van der Waals surface area contributed by atoms with Crippen molar-refractivity contribution in [3.05, 3.63) is 18.0 Å². The third kappa shape index (κ3) is 3.94. The number of carboxylic acid groups (broad SMARTS) is 1. The van der Waals surface area contributed by atoms with Crippen molar-refractivity contribution in [3.8, 4) is 0 Å². The molecular weight excluding hydrogens is 293 g/mol. The number of aliphatic hydroxyl groups excluding tert-OH is 1. The lowest BCUT2D eigenvalue weighted by Crippen LogP contribution is -2.40. The molecule has 1 rings (SSSR count). The molecule has 4 N–H and O–H groups in total. The van der Waals surface area contributed by atoms with Crippen LogP contribution in [0.3, 0.4) is 0 Å². The third-order valence-electron chi connectivity index (χ3n) is 2.04. The number of aromatic nitrogens is 1. The average Bonchev–Trinajstić information content (AvgIpc) is 2.74. The van der Waals surface area contributed by atoms with Gasteiger partial charge in [-0.15, -0.1) is 0 Å². The fraction of sp³-hybridized carbons (Fsp3) is 0.375. The zero-order valence-corrected chi connectivity index (χ0v) is 9.92. The monoisotopic (exact) mass is 302 g/mol. The third-order valence-corrected chi connectivity index (χ3v) is 3.44. The van der Waals surface area contributed by atoms with E-state index in [2.05, 4.69) is 4.98 Å². The number of rotatable bonds is 5. The highest BCUT2D eigenvalue weighted by Gasteiger charge is 2.38. The molecule has 1 atom stereocenters. The van der Waals surface area contributed by atoms with Crippen LogP contribution in [0.25, 0.3) is 0 Å². The molecule has 0 saturated carbocycles. The van der Waals surface area contributed by atoms with Gasteiger partial charge in [0.1, 0.15) is 10.6 Å². The summed E-state index contributed by atoms with van der Waals surface area (Å²) < 4.78 is 60.4. The summed E-state index contributed by atoms with van der Waals surface area (Å²) in [4.78, 5) is 12.1. The van der Waals surface area contributed by atoms with Crippen molar-refractivity contribution in [2.45, 2.75) is 17.2 Å². The van der Waals surface area contributed by atoms with Gasteiger partial charge in [-0.05, 0) is 6.07 Å². The van der Waals surface area contributed by atoms with E-state index in [0.717, 1.165) is 12.3 Å². The van der Waals surface area contributed by atoms with Crippen LogP contribution in [0.4, 0.5) is 13.2 Å². The van der Waals surface area contributed by atoms with Crippen molar-refractivity contribution in [1.82, 2.24) is 9.71 Å². The molecule has 19 heavy (non-hydrogen) atoms.